The van der Waals surface area contributed by atoms with Crippen LogP contribution in [0.15, 0.2) is 48.5 Å². The average Bonchev–Trinajstić information content (AvgIpc) is 2.49. The Morgan fingerprint density at radius 2 is 1.71 bits per heavy atom. The molecular weight excluding hydrogens is 272 g/mol. The third-order valence-corrected chi connectivity index (χ3v) is 3.63. The van der Waals surface area contributed by atoms with Gasteiger partial charge in [0.25, 0.3) is 0 Å². The number of likely N-dealkylation sites (N-methyl/N-ethyl adjacent to an activating group) is 1. The lowest BCUT2D eigenvalue weighted by molar-refractivity contribution is -0.131. The minimum Gasteiger partial charge on any atom is -0.339 e. The zero-order valence-corrected chi connectivity index (χ0v) is 12.0. The van der Waals surface area contributed by atoms with E-state index in [1.165, 1.54) is 18.2 Å². The van der Waals surface area contributed by atoms with Gasteiger partial charge in [-0.3, -0.25) is 4.79 Å². The SMILES string of the molecule is CC(c1ccc(F)cc1)N(C)C(=O)Cc1ccccc1F. The summed E-state index contributed by atoms with van der Waals surface area (Å²) in [7, 11) is 1.66. The number of hydrogen-bond acceptors (Lipinski definition) is 1. The van der Waals surface area contributed by atoms with Crippen LogP contribution in [0.3, 0.4) is 0 Å². The highest BCUT2D eigenvalue weighted by molar-refractivity contribution is 5.79. The minimum absolute atomic E-state index is 0.00864. The number of benzene rings is 2. The molecule has 4 heteroatoms. The molecule has 0 spiro atoms. The van der Waals surface area contributed by atoms with E-state index in [2.05, 4.69) is 0 Å². The third-order valence-electron chi connectivity index (χ3n) is 3.63. The van der Waals surface area contributed by atoms with Crippen LogP contribution in [0.25, 0.3) is 0 Å². The molecule has 21 heavy (non-hydrogen) atoms. The molecule has 2 nitrogen and oxygen atoms in total. The maximum Gasteiger partial charge on any atom is 0.227 e. The smallest absolute Gasteiger partial charge is 0.227 e. The molecule has 2 aromatic carbocycles. The minimum atomic E-state index is -0.381. The van der Waals surface area contributed by atoms with Gasteiger partial charge < -0.3 is 4.90 Å². The van der Waals surface area contributed by atoms with Crippen molar-refractivity contribution >= 4 is 5.91 Å². The molecule has 0 bridgehead atoms. The van der Waals surface area contributed by atoms with Gasteiger partial charge in [-0.05, 0) is 36.2 Å². The van der Waals surface area contributed by atoms with E-state index in [4.69, 9.17) is 0 Å². The van der Waals surface area contributed by atoms with Gasteiger partial charge in [0.05, 0.1) is 12.5 Å². The summed E-state index contributed by atoms with van der Waals surface area (Å²) in [6.07, 6.45) is 0.00864. The van der Waals surface area contributed by atoms with Crippen molar-refractivity contribution < 1.29 is 13.6 Å². The van der Waals surface area contributed by atoms with Crippen LogP contribution in [0, 0.1) is 11.6 Å². The van der Waals surface area contributed by atoms with Crippen LogP contribution in [-0.2, 0) is 11.2 Å². The maximum atomic E-state index is 13.6. The van der Waals surface area contributed by atoms with E-state index in [0.717, 1.165) is 5.56 Å². The number of rotatable bonds is 4. The van der Waals surface area contributed by atoms with Crippen LogP contribution in [0.1, 0.15) is 24.1 Å². The first-order chi connectivity index (χ1) is 9.99. The molecule has 0 aliphatic rings. The van der Waals surface area contributed by atoms with Gasteiger partial charge in [0, 0.05) is 7.05 Å². The molecular formula is C17H17F2NO. The number of halogens is 2. The highest BCUT2D eigenvalue weighted by Gasteiger charge is 2.18. The van der Waals surface area contributed by atoms with Gasteiger partial charge in [0.2, 0.25) is 5.91 Å². The molecule has 0 aliphatic carbocycles. The Kier molecular flexibility index (Phi) is 4.68. The Balaban J connectivity index is 2.08. The normalized spacial score (nSPS) is 12.0. The number of hydrogen-bond donors (Lipinski definition) is 0. The molecule has 0 aromatic heterocycles. The lowest BCUT2D eigenvalue weighted by Gasteiger charge is -2.25. The molecule has 0 heterocycles. The first-order valence-electron chi connectivity index (χ1n) is 6.73. The van der Waals surface area contributed by atoms with Crippen molar-refractivity contribution in [3.05, 3.63) is 71.3 Å². The average molecular weight is 289 g/mol. The summed E-state index contributed by atoms with van der Waals surface area (Å²) in [5, 5.41) is 0. The summed E-state index contributed by atoms with van der Waals surface area (Å²) in [4.78, 5) is 13.8. The molecule has 0 N–H and O–H groups in total. The zero-order chi connectivity index (χ0) is 15.4. The van der Waals surface area contributed by atoms with E-state index in [0.29, 0.717) is 5.56 Å². The first-order valence-corrected chi connectivity index (χ1v) is 6.73. The van der Waals surface area contributed by atoms with E-state index in [1.54, 1.807) is 42.3 Å². The second kappa shape index (κ2) is 6.48. The van der Waals surface area contributed by atoms with Crippen LogP contribution in [0.5, 0.6) is 0 Å². The largest absolute Gasteiger partial charge is 0.339 e. The van der Waals surface area contributed by atoms with E-state index in [9.17, 15) is 13.6 Å². The summed E-state index contributed by atoms with van der Waals surface area (Å²) >= 11 is 0. The van der Waals surface area contributed by atoms with Crippen molar-refractivity contribution in [2.24, 2.45) is 0 Å². The van der Waals surface area contributed by atoms with Crippen LogP contribution in [0.2, 0.25) is 0 Å². The van der Waals surface area contributed by atoms with Crippen LogP contribution in [0.4, 0.5) is 8.78 Å². The van der Waals surface area contributed by atoms with Gasteiger partial charge in [0.1, 0.15) is 11.6 Å². The molecule has 0 radical (unpaired) electrons. The predicted molar refractivity (Wildman–Crippen MR) is 77.7 cm³/mol. The third kappa shape index (κ3) is 3.66. The number of carbonyl (C=O) groups excluding carboxylic acids is 1. The number of nitrogens with zero attached hydrogens (tertiary/aromatic N) is 1. The first kappa shape index (κ1) is 15.2. The molecule has 0 fully saturated rings. The standard InChI is InChI=1S/C17H17F2NO/c1-12(13-7-9-15(18)10-8-13)20(2)17(21)11-14-5-3-4-6-16(14)19/h3-10,12H,11H2,1-2H3. The topological polar surface area (TPSA) is 20.3 Å². The van der Waals surface area contributed by atoms with Gasteiger partial charge in [-0.15, -0.1) is 0 Å². The van der Waals surface area contributed by atoms with Crippen LogP contribution in [-0.4, -0.2) is 17.9 Å². The number of amides is 1. The van der Waals surface area contributed by atoms with Gasteiger partial charge in [-0.25, -0.2) is 8.78 Å². The molecule has 0 aliphatic heterocycles. The Bertz CT molecular complexity index is 625. The van der Waals surface area contributed by atoms with Gasteiger partial charge in [0.15, 0.2) is 0 Å². The molecule has 0 saturated carbocycles. The maximum absolute atomic E-state index is 13.6. The predicted octanol–water partition coefficient (Wildman–Crippen LogP) is 3.73. The quantitative estimate of drug-likeness (QED) is 0.840. The van der Waals surface area contributed by atoms with Crippen LogP contribution >= 0.6 is 0 Å². The van der Waals surface area contributed by atoms with Crippen molar-refractivity contribution in [1.82, 2.24) is 4.90 Å². The fourth-order valence-electron chi connectivity index (χ4n) is 2.11. The molecule has 2 rings (SSSR count). The summed E-state index contributed by atoms with van der Waals surface area (Å²) in [5.74, 6) is -0.878. The van der Waals surface area contributed by atoms with Crippen molar-refractivity contribution in [2.45, 2.75) is 19.4 Å². The molecule has 2 aromatic rings. The van der Waals surface area contributed by atoms with Gasteiger partial charge in [-0.2, -0.15) is 0 Å². The van der Waals surface area contributed by atoms with Crippen molar-refractivity contribution in [2.75, 3.05) is 7.05 Å². The monoisotopic (exact) mass is 289 g/mol. The Morgan fingerprint density at radius 1 is 1.10 bits per heavy atom. The van der Waals surface area contributed by atoms with E-state index in [1.807, 2.05) is 6.92 Å². The fraction of sp³-hybridized carbons (Fsp3) is 0.235. The lowest BCUT2D eigenvalue weighted by Crippen LogP contribution is -2.31. The fourth-order valence-corrected chi connectivity index (χ4v) is 2.11. The Labute approximate surface area is 123 Å². The van der Waals surface area contributed by atoms with E-state index < -0.39 is 0 Å². The highest BCUT2D eigenvalue weighted by Crippen LogP contribution is 2.20. The summed E-state index contributed by atoms with van der Waals surface area (Å²) < 4.78 is 26.5. The van der Waals surface area contributed by atoms with Crippen molar-refractivity contribution in [1.29, 1.82) is 0 Å². The van der Waals surface area contributed by atoms with Gasteiger partial charge in [-0.1, -0.05) is 30.3 Å². The highest BCUT2D eigenvalue weighted by atomic mass is 19.1. The summed E-state index contributed by atoms with van der Waals surface area (Å²) in [6.45, 7) is 1.85. The van der Waals surface area contributed by atoms with E-state index >= 15 is 0 Å². The van der Waals surface area contributed by atoms with Crippen LogP contribution < -0.4 is 0 Å². The summed E-state index contributed by atoms with van der Waals surface area (Å²) in [5.41, 5.74) is 1.21. The summed E-state index contributed by atoms with van der Waals surface area (Å²) in [6, 6.07) is 12.0. The molecule has 1 unspecified atom stereocenters. The molecule has 0 saturated heterocycles. The molecule has 1 atom stereocenters. The zero-order valence-electron chi connectivity index (χ0n) is 12.0. The van der Waals surface area contributed by atoms with E-state index in [-0.39, 0.29) is 30.0 Å². The molecule has 1 amide bonds. The van der Waals surface area contributed by atoms with Gasteiger partial charge >= 0.3 is 0 Å². The second-order valence-electron chi connectivity index (χ2n) is 5.00. The molecule has 110 valence electrons. The Hall–Kier alpha value is -2.23. The van der Waals surface area contributed by atoms with Crippen molar-refractivity contribution in [3.63, 3.8) is 0 Å². The lowest BCUT2D eigenvalue weighted by atomic mass is 10.1. The van der Waals surface area contributed by atoms with Crippen molar-refractivity contribution in [3.8, 4) is 0 Å². The number of carbonyl (C=O) groups is 1. The second-order valence-corrected chi connectivity index (χ2v) is 5.00. The Morgan fingerprint density at radius 3 is 2.33 bits per heavy atom.